The zero-order valence-corrected chi connectivity index (χ0v) is 20.3. The van der Waals surface area contributed by atoms with Crippen molar-refractivity contribution in [2.24, 2.45) is 0 Å². The molecule has 0 radical (unpaired) electrons. The van der Waals surface area contributed by atoms with Crippen LogP contribution in [0, 0.1) is 0 Å². The van der Waals surface area contributed by atoms with Crippen LogP contribution in [0.3, 0.4) is 0 Å². The van der Waals surface area contributed by atoms with E-state index in [1.807, 2.05) is 60.4 Å². The summed E-state index contributed by atoms with van der Waals surface area (Å²) in [5, 5.41) is 3.63. The highest BCUT2D eigenvalue weighted by molar-refractivity contribution is 5.91. The third-order valence-corrected chi connectivity index (χ3v) is 6.60. The summed E-state index contributed by atoms with van der Waals surface area (Å²) in [7, 11) is 1.59. The maximum atomic E-state index is 13.1. The number of piperazine rings is 1. The molecule has 2 heterocycles. The first-order valence-corrected chi connectivity index (χ1v) is 11.9. The van der Waals surface area contributed by atoms with E-state index < -0.39 is 0 Å². The minimum absolute atomic E-state index is 0.000220. The fraction of sp³-hybridized carbons (Fsp3) is 0.423. The predicted molar refractivity (Wildman–Crippen MR) is 134 cm³/mol. The maximum absolute atomic E-state index is 13.1. The van der Waals surface area contributed by atoms with Crippen molar-refractivity contribution in [3.8, 4) is 5.75 Å². The molecule has 0 bridgehead atoms. The van der Waals surface area contributed by atoms with E-state index >= 15 is 0 Å². The molecule has 1 N–H and O–H groups in total. The zero-order valence-electron chi connectivity index (χ0n) is 20.3. The van der Waals surface area contributed by atoms with Crippen molar-refractivity contribution in [3.63, 3.8) is 0 Å². The molecule has 34 heavy (non-hydrogen) atoms. The number of hydrogen-bond donors (Lipinski definition) is 1. The maximum Gasteiger partial charge on any atom is 0.322 e. The van der Waals surface area contributed by atoms with Crippen LogP contribution in [0.25, 0.3) is 10.9 Å². The van der Waals surface area contributed by atoms with Gasteiger partial charge in [-0.3, -0.25) is 14.3 Å². The molecule has 1 aliphatic heterocycles. The summed E-state index contributed by atoms with van der Waals surface area (Å²) in [6.45, 7) is 8.72. The molecule has 4 rings (SSSR count). The van der Waals surface area contributed by atoms with Gasteiger partial charge < -0.3 is 15.0 Å². The number of para-hydroxylation sites is 3. The van der Waals surface area contributed by atoms with Gasteiger partial charge in [-0.2, -0.15) is 0 Å². The number of methoxy groups -OCH3 is 1. The van der Waals surface area contributed by atoms with Gasteiger partial charge in [-0.05, 0) is 44.5 Å². The van der Waals surface area contributed by atoms with Crippen LogP contribution in [-0.2, 0) is 6.54 Å². The fourth-order valence-corrected chi connectivity index (χ4v) is 4.85. The van der Waals surface area contributed by atoms with Crippen molar-refractivity contribution in [1.29, 1.82) is 0 Å². The van der Waals surface area contributed by atoms with Crippen LogP contribution in [0.1, 0.15) is 39.1 Å². The first-order chi connectivity index (χ1) is 16.5. The highest BCUT2D eigenvalue weighted by Gasteiger charge is 2.33. The molecule has 1 aromatic heterocycles. The number of benzene rings is 2. The Kier molecular flexibility index (Phi) is 7.17. The molecule has 8 nitrogen and oxygen atoms in total. The van der Waals surface area contributed by atoms with E-state index in [2.05, 4.69) is 24.1 Å². The number of fused-ring (bicyclic) bond motifs is 1. The largest absolute Gasteiger partial charge is 0.495 e. The number of nitrogens with one attached hydrogen (secondary N) is 1. The van der Waals surface area contributed by atoms with Crippen molar-refractivity contribution < 1.29 is 9.53 Å². The number of rotatable bonds is 6. The first kappa shape index (κ1) is 23.8. The molecule has 2 aromatic carbocycles. The average molecular weight is 464 g/mol. The number of urea groups is 1. The SMILES string of the molecule is CCC(c1nc2ccccc2c(=O)n1CC)N1CCN(C(=O)Nc2ccccc2OC)C(C)C1. The summed E-state index contributed by atoms with van der Waals surface area (Å²) in [4.78, 5) is 35.3. The Morgan fingerprint density at radius 3 is 2.59 bits per heavy atom. The number of carbonyl (C=O) groups is 1. The van der Waals surface area contributed by atoms with E-state index in [4.69, 9.17) is 9.72 Å². The molecule has 0 aliphatic carbocycles. The molecule has 0 spiro atoms. The summed E-state index contributed by atoms with van der Waals surface area (Å²) in [6, 6.07) is 14.8. The zero-order chi connectivity index (χ0) is 24.2. The van der Waals surface area contributed by atoms with Crippen LogP contribution in [-0.4, -0.2) is 58.2 Å². The Bertz CT molecular complexity index is 1220. The number of aromatic nitrogens is 2. The molecular weight excluding hydrogens is 430 g/mol. The van der Waals surface area contributed by atoms with Gasteiger partial charge in [-0.1, -0.05) is 31.2 Å². The summed E-state index contributed by atoms with van der Waals surface area (Å²) < 4.78 is 7.15. The molecule has 180 valence electrons. The van der Waals surface area contributed by atoms with E-state index in [1.54, 1.807) is 11.7 Å². The highest BCUT2D eigenvalue weighted by atomic mass is 16.5. The Morgan fingerprint density at radius 2 is 1.88 bits per heavy atom. The van der Waals surface area contributed by atoms with Gasteiger partial charge in [0.05, 0.1) is 29.7 Å². The lowest BCUT2D eigenvalue weighted by Gasteiger charge is -2.43. The number of nitrogens with zero attached hydrogens (tertiary/aromatic N) is 4. The molecule has 3 aromatic rings. The van der Waals surface area contributed by atoms with Gasteiger partial charge in [-0.15, -0.1) is 0 Å². The van der Waals surface area contributed by atoms with Gasteiger partial charge >= 0.3 is 6.03 Å². The molecule has 2 unspecified atom stereocenters. The van der Waals surface area contributed by atoms with E-state index in [0.29, 0.717) is 43.0 Å². The number of carbonyl (C=O) groups excluding carboxylic acids is 1. The van der Waals surface area contributed by atoms with Crippen LogP contribution in [0.5, 0.6) is 5.75 Å². The summed E-state index contributed by atoms with van der Waals surface area (Å²) >= 11 is 0. The van der Waals surface area contributed by atoms with Crippen molar-refractivity contribution in [2.75, 3.05) is 32.1 Å². The molecule has 1 saturated heterocycles. The number of hydrogen-bond acceptors (Lipinski definition) is 5. The number of amides is 2. The van der Waals surface area contributed by atoms with Gasteiger partial charge in [0.25, 0.3) is 5.56 Å². The van der Waals surface area contributed by atoms with Gasteiger partial charge in [0.2, 0.25) is 0 Å². The van der Waals surface area contributed by atoms with Crippen molar-refractivity contribution in [3.05, 3.63) is 64.7 Å². The monoisotopic (exact) mass is 463 g/mol. The van der Waals surface area contributed by atoms with Crippen LogP contribution in [0.15, 0.2) is 53.3 Å². The molecular formula is C26H33N5O3. The predicted octanol–water partition coefficient (Wildman–Crippen LogP) is 4.11. The van der Waals surface area contributed by atoms with E-state index in [1.165, 1.54) is 0 Å². The highest BCUT2D eigenvalue weighted by Crippen LogP contribution is 2.28. The Hall–Kier alpha value is -3.39. The van der Waals surface area contributed by atoms with E-state index in [-0.39, 0.29) is 23.7 Å². The molecule has 2 atom stereocenters. The molecule has 1 aliphatic rings. The minimum Gasteiger partial charge on any atom is -0.495 e. The lowest BCUT2D eigenvalue weighted by Crippen LogP contribution is -2.56. The van der Waals surface area contributed by atoms with Crippen molar-refractivity contribution in [2.45, 2.75) is 45.8 Å². The second-order valence-electron chi connectivity index (χ2n) is 8.63. The summed E-state index contributed by atoms with van der Waals surface area (Å²) in [5.74, 6) is 1.43. The molecule has 1 fully saturated rings. The third-order valence-electron chi connectivity index (χ3n) is 6.60. The average Bonchev–Trinajstić information content (AvgIpc) is 2.85. The normalized spacial score (nSPS) is 17.5. The fourth-order valence-electron chi connectivity index (χ4n) is 4.85. The van der Waals surface area contributed by atoms with E-state index in [0.717, 1.165) is 17.8 Å². The van der Waals surface area contributed by atoms with Crippen molar-refractivity contribution in [1.82, 2.24) is 19.4 Å². The van der Waals surface area contributed by atoms with Gasteiger partial charge in [0, 0.05) is 32.2 Å². The lowest BCUT2D eigenvalue weighted by molar-refractivity contribution is 0.0718. The number of anilines is 1. The smallest absolute Gasteiger partial charge is 0.322 e. The Morgan fingerprint density at radius 1 is 1.15 bits per heavy atom. The topological polar surface area (TPSA) is 79.7 Å². The molecule has 2 amide bonds. The van der Waals surface area contributed by atoms with Crippen LogP contribution in [0.2, 0.25) is 0 Å². The second-order valence-corrected chi connectivity index (χ2v) is 8.63. The summed E-state index contributed by atoms with van der Waals surface area (Å²) in [6.07, 6.45) is 0.824. The van der Waals surface area contributed by atoms with Gasteiger partial charge in [0.1, 0.15) is 11.6 Å². The lowest BCUT2D eigenvalue weighted by atomic mass is 10.1. The minimum atomic E-state index is -0.140. The Balaban J connectivity index is 1.54. The molecule has 0 saturated carbocycles. The third kappa shape index (κ3) is 4.50. The van der Waals surface area contributed by atoms with Gasteiger partial charge in [0.15, 0.2) is 0 Å². The summed E-state index contributed by atoms with van der Waals surface area (Å²) in [5.41, 5.74) is 1.39. The number of ether oxygens (including phenoxy) is 1. The van der Waals surface area contributed by atoms with Crippen LogP contribution in [0.4, 0.5) is 10.5 Å². The van der Waals surface area contributed by atoms with Crippen LogP contribution < -0.4 is 15.6 Å². The van der Waals surface area contributed by atoms with Gasteiger partial charge in [-0.25, -0.2) is 9.78 Å². The molecule has 8 heteroatoms. The quantitative estimate of drug-likeness (QED) is 0.595. The van der Waals surface area contributed by atoms with Crippen molar-refractivity contribution >= 4 is 22.6 Å². The Labute approximate surface area is 200 Å². The first-order valence-electron chi connectivity index (χ1n) is 11.9. The second kappa shape index (κ2) is 10.3. The van der Waals surface area contributed by atoms with E-state index in [9.17, 15) is 9.59 Å². The van der Waals surface area contributed by atoms with Crippen LogP contribution >= 0.6 is 0 Å². The standard InChI is InChI=1S/C26H33N5O3/c1-5-22(24-27-20-12-8-7-11-19(20)25(32)30(24)6-2)29-15-16-31(18(3)17-29)26(33)28-21-13-9-10-14-23(21)34-4/h7-14,18,22H,5-6,15-17H2,1-4H3,(H,28,33).